The Morgan fingerprint density at radius 3 is 2.94 bits per heavy atom. The van der Waals surface area contributed by atoms with Crippen LogP contribution in [0.5, 0.6) is 5.75 Å². The van der Waals surface area contributed by atoms with Gasteiger partial charge in [0.25, 0.3) is 0 Å². The van der Waals surface area contributed by atoms with Crippen molar-refractivity contribution in [2.75, 3.05) is 7.11 Å². The molecule has 0 spiro atoms. The first-order chi connectivity index (χ1) is 7.67. The number of hydrogen-bond donors (Lipinski definition) is 1. The number of carbonyl (C=O) groups is 1. The molecule has 0 heterocycles. The molecule has 86 valence electrons. The van der Waals surface area contributed by atoms with E-state index in [4.69, 9.17) is 0 Å². The van der Waals surface area contributed by atoms with Crippen molar-refractivity contribution in [1.82, 2.24) is 0 Å². The largest absolute Gasteiger partial charge is 0.508 e. The molecule has 1 aromatic rings. The first-order valence-corrected chi connectivity index (χ1v) is 5.14. The number of allylic oxidation sites excluding steroid dienone is 1. The predicted molar refractivity (Wildman–Crippen MR) is 62.3 cm³/mol. The Bertz CT molecular complexity index is 371. The van der Waals surface area contributed by atoms with E-state index in [-0.39, 0.29) is 17.6 Å². The molecular formula is C13H16O3. The monoisotopic (exact) mass is 220 g/mol. The summed E-state index contributed by atoms with van der Waals surface area (Å²) in [5, 5.41) is 9.38. The molecule has 0 saturated heterocycles. The summed E-state index contributed by atoms with van der Waals surface area (Å²) in [7, 11) is 1.37. The summed E-state index contributed by atoms with van der Waals surface area (Å²) in [5.41, 5.74) is 0.922. The summed E-state index contributed by atoms with van der Waals surface area (Å²) >= 11 is 0. The van der Waals surface area contributed by atoms with Crippen LogP contribution in [0.4, 0.5) is 0 Å². The standard InChI is InChI=1S/C13H16O3/c1-3-5-10(9-13(15)16-2)11-6-4-7-12(14)8-11/h3-4,6-8,10,14H,1,5,9H2,2H3/t10-/m1/s1. The Kier molecular flexibility index (Phi) is 4.58. The Hall–Kier alpha value is -1.77. The third-order valence-corrected chi connectivity index (χ3v) is 2.43. The zero-order chi connectivity index (χ0) is 12.0. The van der Waals surface area contributed by atoms with Gasteiger partial charge in [-0.3, -0.25) is 4.79 Å². The maximum Gasteiger partial charge on any atom is 0.306 e. The Morgan fingerprint density at radius 2 is 2.38 bits per heavy atom. The van der Waals surface area contributed by atoms with E-state index < -0.39 is 0 Å². The second-order valence-electron chi connectivity index (χ2n) is 3.60. The number of phenolic OH excluding ortho intramolecular Hbond substituents is 1. The van der Waals surface area contributed by atoms with Crippen LogP contribution in [0.1, 0.15) is 24.3 Å². The van der Waals surface area contributed by atoms with Crippen LogP contribution in [-0.4, -0.2) is 18.2 Å². The highest BCUT2D eigenvalue weighted by Gasteiger charge is 2.15. The van der Waals surface area contributed by atoms with Gasteiger partial charge in [0.05, 0.1) is 13.5 Å². The maximum atomic E-state index is 11.2. The van der Waals surface area contributed by atoms with Crippen LogP contribution in [0, 0.1) is 0 Å². The predicted octanol–water partition coefficient (Wildman–Crippen LogP) is 2.62. The molecule has 16 heavy (non-hydrogen) atoms. The van der Waals surface area contributed by atoms with Gasteiger partial charge in [-0.2, -0.15) is 0 Å². The van der Waals surface area contributed by atoms with Crippen LogP contribution < -0.4 is 0 Å². The van der Waals surface area contributed by atoms with Crippen molar-refractivity contribution < 1.29 is 14.6 Å². The molecule has 0 radical (unpaired) electrons. The highest BCUT2D eigenvalue weighted by atomic mass is 16.5. The van der Waals surface area contributed by atoms with E-state index in [1.54, 1.807) is 24.3 Å². The van der Waals surface area contributed by atoms with Crippen molar-refractivity contribution in [2.45, 2.75) is 18.8 Å². The molecule has 0 aliphatic carbocycles. The summed E-state index contributed by atoms with van der Waals surface area (Å²) in [5.74, 6) is -0.0383. The molecule has 0 aliphatic rings. The van der Waals surface area contributed by atoms with Crippen molar-refractivity contribution in [3.8, 4) is 5.75 Å². The molecule has 0 unspecified atom stereocenters. The normalized spacial score (nSPS) is 11.8. The molecule has 0 aliphatic heterocycles. The lowest BCUT2D eigenvalue weighted by molar-refractivity contribution is -0.141. The van der Waals surface area contributed by atoms with Crippen molar-refractivity contribution in [2.24, 2.45) is 0 Å². The molecule has 0 amide bonds. The van der Waals surface area contributed by atoms with Crippen LogP contribution in [0.2, 0.25) is 0 Å². The van der Waals surface area contributed by atoms with Gasteiger partial charge in [0.1, 0.15) is 5.75 Å². The highest BCUT2D eigenvalue weighted by Crippen LogP contribution is 2.26. The van der Waals surface area contributed by atoms with E-state index in [1.165, 1.54) is 7.11 Å². The number of methoxy groups -OCH3 is 1. The molecular weight excluding hydrogens is 204 g/mol. The quantitative estimate of drug-likeness (QED) is 0.613. The lowest BCUT2D eigenvalue weighted by Crippen LogP contribution is -2.08. The summed E-state index contributed by atoms with van der Waals surface area (Å²) in [6.07, 6.45) is 2.74. The first-order valence-electron chi connectivity index (χ1n) is 5.14. The fourth-order valence-electron chi connectivity index (χ4n) is 1.60. The summed E-state index contributed by atoms with van der Waals surface area (Å²) < 4.78 is 4.64. The number of hydrogen-bond acceptors (Lipinski definition) is 3. The minimum absolute atomic E-state index is 0.0112. The SMILES string of the molecule is C=CC[C@H](CC(=O)OC)c1cccc(O)c1. The number of esters is 1. The average Bonchev–Trinajstić information content (AvgIpc) is 2.28. The lowest BCUT2D eigenvalue weighted by atomic mass is 9.92. The molecule has 0 fully saturated rings. The van der Waals surface area contributed by atoms with Crippen LogP contribution in [0.25, 0.3) is 0 Å². The molecule has 0 bridgehead atoms. The van der Waals surface area contributed by atoms with E-state index in [0.29, 0.717) is 12.8 Å². The van der Waals surface area contributed by atoms with E-state index >= 15 is 0 Å². The minimum Gasteiger partial charge on any atom is -0.508 e. The van der Waals surface area contributed by atoms with Crippen LogP contribution >= 0.6 is 0 Å². The van der Waals surface area contributed by atoms with E-state index in [1.807, 2.05) is 6.07 Å². The average molecular weight is 220 g/mol. The Labute approximate surface area is 95.4 Å². The summed E-state index contributed by atoms with van der Waals surface area (Å²) in [4.78, 5) is 11.2. The van der Waals surface area contributed by atoms with Gasteiger partial charge >= 0.3 is 5.97 Å². The number of aromatic hydroxyl groups is 1. The minimum atomic E-state index is -0.254. The second-order valence-corrected chi connectivity index (χ2v) is 3.60. The van der Waals surface area contributed by atoms with Crippen molar-refractivity contribution >= 4 is 5.97 Å². The summed E-state index contributed by atoms with van der Waals surface area (Å²) in [6, 6.07) is 6.92. The molecule has 1 atom stereocenters. The van der Waals surface area contributed by atoms with Gasteiger partial charge < -0.3 is 9.84 Å². The maximum absolute atomic E-state index is 11.2. The van der Waals surface area contributed by atoms with Crippen LogP contribution in [-0.2, 0) is 9.53 Å². The van der Waals surface area contributed by atoms with Gasteiger partial charge in [0.15, 0.2) is 0 Å². The Morgan fingerprint density at radius 1 is 1.62 bits per heavy atom. The zero-order valence-corrected chi connectivity index (χ0v) is 9.35. The third-order valence-electron chi connectivity index (χ3n) is 2.43. The van der Waals surface area contributed by atoms with Crippen LogP contribution in [0.3, 0.4) is 0 Å². The van der Waals surface area contributed by atoms with Crippen molar-refractivity contribution in [1.29, 1.82) is 0 Å². The first kappa shape index (κ1) is 12.3. The van der Waals surface area contributed by atoms with Gasteiger partial charge in [-0.25, -0.2) is 0 Å². The molecule has 3 nitrogen and oxygen atoms in total. The number of ether oxygens (including phenoxy) is 1. The topological polar surface area (TPSA) is 46.5 Å². The van der Waals surface area contributed by atoms with Crippen molar-refractivity contribution in [3.63, 3.8) is 0 Å². The molecule has 1 aromatic carbocycles. The van der Waals surface area contributed by atoms with Gasteiger partial charge in [-0.15, -0.1) is 6.58 Å². The van der Waals surface area contributed by atoms with Crippen molar-refractivity contribution in [3.05, 3.63) is 42.5 Å². The lowest BCUT2D eigenvalue weighted by Gasteiger charge is -2.14. The number of benzene rings is 1. The van der Waals surface area contributed by atoms with Gasteiger partial charge in [-0.1, -0.05) is 18.2 Å². The van der Waals surface area contributed by atoms with E-state index in [9.17, 15) is 9.90 Å². The number of phenols is 1. The molecule has 1 N–H and O–H groups in total. The zero-order valence-electron chi connectivity index (χ0n) is 9.35. The smallest absolute Gasteiger partial charge is 0.306 e. The number of rotatable bonds is 5. The highest BCUT2D eigenvalue weighted by molar-refractivity contribution is 5.70. The number of carbonyl (C=O) groups excluding carboxylic acids is 1. The van der Waals surface area contributed by atoms with Gasteiger partial charge in [0.2, 0.25) is 0 Å². The fourth-order valence-corrected chi connectivity index (χ4v) is 1.60. The molecule has 0 aromatic heterocycles. The van der Waals surface area contributed by atoms with E-state index in [2.05, 4.69) is 11.3 Å². The van der Waals surface area contributed by atoms with E-state index in [0.717, 1.165) is 5.56 Å². The van der Waals surface area contributed by atoms with Gasteiger partial charge in [0, 0.05) is 0 Å². The molecule has 1 rings (SSSR count). The van der Waals surface area contributed by atoms with Gasteiger partial charge in [-0.05, 0) is 30.0 Å². The second kappa shape index (κ2) is 5.95. The van der Waals surface area contributed by atoms with Crippen LogP contribution in [0.15, 0.2) is 36.9 Å². The molecule has 3 heteroatoms. The third kappa shape index (κ3) is 3.42. The molecule has 0 saturated carbocycles. The Balaban J connectivity index is 2.84. The fraction of sp³-hybridized carbons (Fsp3) is 0.308. The summed E-state index contributed by atoms with van der Waals surface area (Å²) in [6.45, 7) is 3.67.